The molecular weight excluding hydrogens is 462 g/mol. The predicted molar refractivity (Wildman–Crippen MR) is 128 cm³/mol. The molecule has 1 aliphatic heterocycles. The topological polar surface area (TPSA) is 86.7 Å². The molecule has 1 aromatic heterocycles. The van der Waals surface area contributed by atoms with Gasteiger partial charge in [-0.15, -0.1) is 0 Å². The van der Waals surface area contributed by atoms with Crippen LogP contribution in [0.5, 0.6) is 0 Å². The minimum atomic E-state index is -3.80. The maximum absolute atomic E-state index is 13.5. The quantitative estimate of drug-likeness (QED) is 0.475. The predicted octanol–water partition coefficient (Wildman–Crippen LogP) is 3.61. The molecule has 0 aliphatic carbocycles. The number of rotatable bonds is 7. The number of benzene rings is 2. The molecule has 0 fully saturated rings. The lowest BCUT2D eigenvalue weighted by Gasteiger charge is -2.36. The van der Waals surface area contributed by atoms with Gasteiger partial charge in [0.2, 0.25) is 15.0 Å². The maximum Gasteiger partial charge on any atom is 0.330 e. The second-order valence-electron chi connectivity index (χ2n) is 8.02. The van der Waals surface area contributed by atoms with Gasteiger partial charge in [-0.2, -0.15) is 0 Å². The van der Waals surface area contributed by atoms with Gasteiger partial charge in [0.1, 0.15) is 5.82 Å². The van der Waals surface area contributed by atoms with E-state index in [2.05, 4.69) is 9.97 Å². The Morgan fingerprint density at radius 2 is 1.76 bits per heavy atom. The molecule has 4 rings (SSSR count). The van der Waals surface area contributed by atoms with Gasteiger partial charge in [0.05, 0.1) is 23.0 Å². The van der Waals surface area contributed by atoms with E-state index in [1.807, 2.05) is 31.1 Å². The lowest BCUT2D eigenvalue weighted by molar-refractivity contribution is 0.248. The van der Waals surface area contributed by atoms with Gasteiger partial charge >= 0.3 is 6.03 Å². The second kappa shape index (κ2) is 9.46. The minimum Gasteiger partial charge on any atom is -0.308 e. The van der Waals surface area contributed by atoms with Gasteiger partial charge in [-0.05, 0) is 31.8 Å². The molecule has 2 aromatic carbocycles. The molecule has 8 nitrogen and oxygen atoms in total. The van der Waals surface area contributed by atoms with Crippen molar-refractivity contribution in [2.75, 3.05) is 37.0 Å². The van der Waals surface area contributed by atoms with Crippen LogP contribution in [-0.4, -0.2) is 56.5 Å². The van der Waals surface area contributed by atoms with Crippen LogP contribution in [0, 0.1) is 0 Å². The molecule has 0 saturated heterocycles. The van der Waals surface area contributed by atoms with E-state index in [0.717, 1.165) is 0 Å². The highest BCUT2D eigenvalue weighted by Gasteiger charge is 2.35. The number of urea groups is 1. The summed E-state index contributed by atoms with van der Waals surface area (Å²) in [5.74, 6) is 0.0936. The molecule has 0 bridgehead atoms. The van der Waals surface area contributed by atoms with Crippen molar-refractivity contribution in [1.82, 2.24) is 14.9 Å². The Bertz CT molecular complexity index is 1270. The van der Waals surface area contributed by atoms with E-state index in [1.54, 1.807) is 47.4 Å². The Balaban J connectivity index is 1.73. The lowest BCUT2D eigenvalue weighted by Crippen LogP contribution is -2.50. The van der Waals surface area contributed by atoms with Crippen LogP contribution < -0.4 is 9.80 Å². The summed E-state index contributed by atoms with van der Waals surface area (Å²) in [5.41, 5.74) is 1.86. The number of amides is 2. The fraction of sp³-hybridized carbons (Fsp3) is 0.261. The van der Waals surface area contributed by atoms with Crippen molar-refractivity contribution in [3.05, 3.63) is 76.9 Å². The van der Waals surface area contributed by atoms with Gasteiger partial charge in [-0.1, -0.05) is 54.1 Å². The van der Waals surface area contributed by atoms with Gasteiger partial charge in [-0.3, -0.25) is 9.80 Å². The third-order valence-corrected chi connectivity index (χ3v) is 7.04. The van der Waals surface area contributed by atoms with Crippen LogP contribution in [0.15, 0.2) is 66.0 Å². The molecule has 0 unspecified atom stereocenters. The maximum atomic E-state index is 13.5. The molecular formula is C23H24ClN5O3S. The van der Waals surface area contributed by atoms with Crippen LogP contribution in [0.2, 0.25) is 5.02 Å². The van der Waals surface area contributed by atoms with E-state index in [4.69, 9.17) is 11.6 Å². The molecule has 0 saturated carbocycles. The van der Waals surface area contributed by atoms with Crippen molar-refractivity contribution >= 4 is 39.0 Å². The average Bonchev–Trinajstić information content (AvgIpc) is 2.78. The van der Waals surface area contributed by atoms with E-state index >= 15 is 0 Å². The van der Waals surface area contributed by atoms with Gasteiger partial charge in [0.25, 0.3) is 0 Å². The first-order valence-electron chi connectivity index (χ1n) is 10.4. The number of aromatic nitrogens is 2. The molecule has 1 aliphatic rings. The number of likely N-dealkylation sites (N-methyl/N-ethyl adjacent to an activating group) is 1. The highest BCUT2D eigenvalue weighted by molar-refractivity contribution is 7.90. The SMILES string of the molecule is CN(C)CCN1C(=O)N(c2ccccc2Cl)Cc2cnc(S(=O)(=O)Cc3ccccc3)nc21. The van der Waals surface area contributed by atoms with Gasteiger partial charge < -0.3 is 4.90 Å². The normalized spacial score (nSPS) is 14.0. The molecule has 2 heterocycles. The summed E-state index contributed by atoms with van der Waals surface area (Å²) in [7, 11) is 0.00267. The first-order chi connectivity index (χ1) is 15.8. The number of nitrogens with zero attached hydrogens (tertiary/aromatic N) is 5. The van der Waals surface area contributed by atoms with E-state index < -0.39 is 9.84 Å². The third-order valence-electron chi connectivity index (χ3n) is 5.26. The molecule has 3 aromatic rings. The largest absolute Gasteiger partial charge is 0.330 e. The number of anilines is 2. The summed E-state index contributed by atoms with van der Waals surface area (Å²) in [4.78, 5) is 27.0. The number of halogens is 1. The number of carbonyl (C=O) groups is 1. The van der Waals surface area contributed by atoms with Crippen LogP contribution in [-0.2, 0) is 22.1 Å². The molecule has 0 radical (unpaired) electrons. The van der Waals surface area contributed by atoms with Gasteiger partial charge in [-0.25, -0.2) is 23.2 Å². The third kappa shape index (κ3) is 5.00. The number of sulfone groups is 1. The lowest BCUT2D eigenvalue weighted by atomic mass is 10.2. The fourth-order valence-corrected chi connectivity index (χ4v) is 5.01. The second-order valence-corrected chi connectivity index (χ2v) is 10.3. The molecule has 0 atom stereocenters. The summed E-state index contributed by atoms with van der Waals surface area (Å²) in [6, 6.07) is 15.7. The number of hydrogen-bond donors (Lipinski definition) is 0. The Kier molecular flexibility index (Phi) is 6.64. The number of hydrogen-bond acceptors (Lipinski definition) is 6. The Hall–Kier alpha value is -3.01. The first kappa shape index (κ1) is 23.2. The number of para-hydroxylation sites is 1. The summed E-state index contributed by atoms with van der Waals surface area (Å²) < 4.78 is 26.0. The van der Waals surface area contributed by atoms with Crippen LogP contribution in [0.4, 0.5) is 16.3 Å². The van der Waals surface area contributed by atoms with Crippen molar-refractivity contribution in [3.63, 3.8) is 0 Å². The van der Waals surface area contributed by atoms with E-state index in [-0.39, 0.29) is 23.5 Å². The highest BCUT2D eigenvalue weighted by atomic mass is 35.5. The van der Waals surface area contributed by atoms with Gasteiger partial charge in [0, 0.05) is 24.8 Å². The molecule has 172 valence electrons. The molecule has 10 heteroatoms. The zero-order valence-electron chi connectivity index (χ0n) is 18.3. The van der Waals surface area contributed by atoms with Gasteiger partial charge in [0.15, 0.2) is 0 Å². The van der Waals surface area contributed by atoms with Crippen molar-refractivity contribution in [3.8, 4) is 0 Å². The van der Waals surface area contributed by atoms with Crippen molar-refractivity contribution in [2.45, 2.75) is 17.5 Å². The Morgan fingerprint density at radius 3 is 2.45 bits per heavy atom. The van der Waals surface area contributed by atoms with Crippen molar-refractivity contribution in [1.29, 1.82) is 0 Å². The van der Waals surface area contributed by atoms with E-state index in [9.17, 15) is 13.2 Å². The summed E-state index contributed by atoms with van der Waals surface area (Å²) in [5, 5.41) is 0.156. The smallest absolute Gasteiger partial charge is 0.308 e. The Morgan fingerprint density at radius 1 is 1.06 bits per heavy atom. The summed E-state index contributed by atoms with van der Waals surface area (Å²) in [6.07, 6.45) is 1.49. The van der Waals surface area contributed by atoms with Crippen molar-refractivity contribution in [2.24, 2.45) is 0 Å². The zero-order chi connectivity index (χ0) is 23.6. The number of fused-ring (bicyclic) bond motifs is 1. The average molecular weight is 486 g/mol. The van der Waals surface area contributed by atoms with E-state index in [1.165, 1.54) is 11.1 Å². The monoisotopic (exact) mass is 485 g/mol. The molecule has 0 spiro atoms. The van der Waals surface area contributed by atoms with Crippen LogP contribution in [0.1, 0.15) is 11.1 Å². The zero-order valence-corrected chi connectivity index (χ0v) is 19.9. The van der Waals surface area contributed by atoms with Crippen LogP contribution >= 0.6 is 11.6 Å². The molecule has 33 heavy (non-hydrogen) atoms. The minimum absolute atomic E-state index is 0.190. The number of carbonyl (C=O) groups excluding carboxylic acids is 1. The van der Waals surface area contributed by atoms with Crippen LogP contribution in [0.3, 0.4) is 0 Å². The highest BCUT2D eigenvalue weighted by Crippen LogP contribution is 2.34. The van der Waals surface area contributed by atoms with Crippen LogP contribution in [0.25, 0.3) is 0 Å². The van der Waals surface area contributed by atoms with E-state index in [0.29, 0.717) is 40.7 Å². The Labute approximate surface area is 198 Å². The fourth-order valence-electron chi connectivity index (χ4n) is 3.57. The summed E-state index contributed by atoms with van der Waals surface area (Å²) in [6.45, 7) is 1.09. The standard InChI is InChI=1S/C23H24ClN5O3S/c1-27(2)12-13-28-21-18(15-29(23(28)30)20-11-7-6-10-19(20)24)14-25-22(26-21)33(31,32)16-17-8-4-3-5-9-17/h3-11,14H,12-13,15-16H2,1-2H3. The first-order valence-corrected chi connectivity index (χ1v) is 12.4. The summed E-state index contributed by atoms with van der Waals surface area (Å²) >= 11 is 6.36. The van der Waals surface area contributed by atoms with Crippen molar-refractivity contribution < 1.29 is 13.2 Å². The molecule has 2 amide bonds. The molecule has 0 N–H and O–H groups in total.